The molecular formula is C14H29NO. The van der Waals surface area contributed by atoms with Crippen molar-refractivity contribution < 1.29 is 4.79 Å². The van der Waals surface area contributed by atoms with Gasteiger partial charge in [0.05, 0.1) is 0 Å². The van der Waals surface area contributed by atoms with Gasteiger partial charge in [-0.2, -0.15) is 0 Å². The van der Waals surface area contributed by atoms with Gasteiger partial charge in [0.15, 0.2) is 0 Å². The highest BCUT2D eigenvalue weighted by atomic mass is 16.1. The van der Waals surface area contributed by atoms with E-state index in [0.29, 0.717) is 0 Å². The zero-order chi connectivity index (χ0) is 12.2. The van der Waals surface area contributed by atoms with Gasteiger partial charge in [0.1, 0.15) is 0 Å². The van der Waals surface area contributed by atoms with Crippen LogP contribution in [0.1, 0.15) is 65.7 Å². The standard InChI is InChI=1S/C7H13NO.C7H16/c1-7-2-4-8(6-9)5-3-7;1-3-5-7-6-4-2/h6-7H,2-5H2,1H3;3-7H2,1-2H3. The maximum absolute atomic E-state index is 10.2. The Bertz CT molecular complexity index is 147. The van der Waals surface area contributed by atoms with E-state index in [1.54, 1.807) is 0 Å². The minimum Gasteiger partial charge on any atom is -0.345 e. The maximum Gasteiger partial charge on any atom is 0.209 e. The second-order valence-corrected chi connectivity index (χ2v) is 4.88. The summed E-state index contributed by atoms with van der Waals surface area (Å²) in [5, 5.41) is 0. The van der Waals surface area contributed by atoms with Gasteiger partial charge < -0.3 is 4.90 Å². The van der Waals surface area contributed by atoms with Gasteiger partial charge in [-0.1, -0.05) is 52.9 Å². The molecule has 0 radical (unpaired) electrons. The molecular weight excluding hydrogens is 198 g/mol. The SMILES string of the molecule is CC1CCN(C=O)CC1.CCCCCCC. The Morgan fingerprint density at radius 2 is 1.56 bits per heavy atom. The number of likely N-dealkylation sites (tertiary alicyclic amines) is 1. The average molecular weight is 227 g/mol. The summed E-state index contributed by atoms with van der Waals surface area (Å²) < 4.78 is 0. The lowest BCUT2D eigenvalue weighted by Crippen LogP contribution is -2.31. The molecule has 1 fully saturated rings. The number of hydrogen-bond donors (Lipinski definition) is 0. The van der Waals surface area contributed by atoms with Gasteiger partial charge in [0.2, 0.25) is 6.41 Å². The second kappa shape index (κ2) is 11.0. The van der Waals surface area contributed by atoms with Crippen molar-refractivity contribution in [2.24, 2.45) is 5.92 Å². The van der Waals surface area contributed by atoms with E-state index in [4.69, 9.17) is 0 Å². The molecule has 1 saturated heterocycles. The third kappa shape index (κ3) is 8.75. The summed E-state index contributed by atoms with van der Waals surface area (Å²) in [4.78, 5) is 12.0. The van der Waals surface area contributed by atoms with Gasteiger partial charge in [0, 0.05) is 13.1 Å². The summed E-state index contributed by atoms with van der Waals surface area (Å²) in [5.74, 6) is 0.821. The fraction of sp³-hybridized carbons (Fsp3) is 0.929. The quantitative estimate of drug-likeness (QED) is 0.516. The number of rotatable bonds is 5. The first-order valence-electron chi connectivity index (χ1n) is 6.93. The van der Waals surface area contributed by atoms with E-state index in [1.165, 1.54) is 44.9 Å². The van der Waals surface area contributed by atoms with Crippen LogP contribution in [0.5, 0.6) is 0 Å². The van der Waals surface area contributed by atoms with Crippen LogP contribution in [0.2, 0.25) is 0 Å². The molecule has 2 heteroatoms. The first kappa shape index (κ1) is 15.5. The van der Waals surface area contributed by atoms with Crippen LogP contribution >= 0.6 is 0 Å². The second-order valence-electron chi connectivity index (χ2n) is 4.88. The van der Waals surface area contributed by atoms with E-state index in [9.17, 15) is 4.79 Å². The van der Waals surface area contributed by atoms with Gasteiger partial charge in [-0.05, 0) is 18.8 Å². The normalized spacial score (nSPS) is 16.6. The largest absolute Gasteiger partial charge is 0.345 e. The predicted octanol–water partition coefficient (Wildman–Crippen LogP) is 3.85. The maximum atomic E-state index is 10.2. The highest BCUT2D eigenvalue weighted by molar-refractivity contribution is 5.46. The molecule has 0 bridgehead atoms. The molecule has 0 aromatic heterocycles. The van der Waals surface area contributed by atoms with Crippen molar-refractivity contribution in [3.8, 4) is 0 Å². The van der Waals surface area contributed by atoms with Gasteiger partial charge in [-0.3, -0.25) is 4.79 Å². The van der Waals surface area contributed by atoms with Crippen LogP contribution in [0.4, 0.5) is 0 Å². The Hall–Kier alpha value is -0.530. The Morgan fingerprint density at radius 3 is 1.94 bits per heavy atom. The monoisotopic (exact) mass is 227 g/mol. The van der Waals surface area contributed by atoms with Crippen molar-refractivity contribution in [2.45, 2.75) is 65.7 Å². The fourth-order valence-electron chi connectivity index (χ4n) is 1.81. The Balaban J connectivity index is 0.000000293. The van der Waals surface area contributed by atoms with Crippen molar-refractivity contribution in [3.63, 3.8) is 0 Å². The molecule has 1 aliphatic rings. The molecule has 1 aliphatic heterocycles. The molecule has 0 N–H and O–H groups in total. The Kier molecular flexibility index (Phi) is 10.6. The average Bonchev–Trinajstić information content (AvgIpc) is 2.32. The van der Waals surface area contributed by atoms with Crippen LogP contribution in [-0.4, -0.2) is 24.4 Å². The molecule has 0 unspecified atom stereocenters. The van der Waals surface area contributed by atoms with Crippen molar-refractivity contribution in [2.75, 3.05) is 13.1 Å². The molecule has 16 heavy (non-hydrogen) atoms. The summed E-state index contributed by atoms with van der Waals surface area (Å²) >= 11 is 0. The van der Waals surface area contributed by atoms with Crippen LogP contribution in [0.3, 0.4) is 0 Å². The lowest BCUT2D eigenvalue weighted by molar-refractivity contribution is -0.119. The number of carbonyl (C=O) groups is 1. The van der Waals surface area contributed by atoms with Crippen molar-refractivity contribution >= 4 is 6.41 Å². The zero-order valence-corrected chi connectivity index (χ0v) is 11.4. The van der Waals surface area contributed by atoms with E-state index >= 15 is 0 Å². The number of nitrogens with zero attached hydrogens (tertiary/aromatic N) is 1. The van der Waals surface area contributed by atoms with E-state index in [1.807, 2.05) is 4.90 Å². The molecule has 0 aliphatic carbocycles. The van der Waals surface area contributed by atoms with Gasteiger partial charge >= 0.3 is 0 Å². The third-order valence-corrected chi connectivity index (χ3v) is 3.17. The summed E-state index contributed by atoms with van der Waals surface area (Å²) in [6.45, 7) is 8.66. The number of unbranched alkanes of at least 4 members (excludes halogenated alkanes) is 4. The molecule has 2 nitrogen and oxygen atoms in total. The number of piperidine rings is 1. The number of hydrogen-bond acceptors (Lipinski definition) is 1. The van der Waals surface area contributed by atoms with Crippen molar-refractivity contribution in [1.29, 1.82) is 0 Å². The summed E-state index contributed by atoms with van der Waals surface area (Å²) in [6.07, 6.45) is 10.3. The summed E-state index contributed by atoms with van der Waals surface area (Å²) in [6, 6.07) is 0. The molecule has 0 saturated carbocycles. The summed E-state index contributed by atoms with van der Waals surface area (Å²) in [5.41, 5.74) is 0. The fourth-order valence-corrected chi connectivity index (χ4v) is 1.81. The highest BCUT2D eigenvalue weighted by Gasteiger charge is 2.12. The molecule has 96 valence electrons. The predicted molar refractivity (Wildman–Crippen MR) is 70.5 cm³/mol. The summed E-state index contributed by atoms with van der Waals surface area (Å²) in [7, 11) is 0. The molecule has 0 aromatic rings. The van der Waals surface area contributed by atoms with Crippen LogP contribution in [-0.2, 0) is 4.79 Å². The molecule has 1 amide bonds. The topological polar surface area (TPSA) is 20.3 Å². The molecule has 0 spiro atoms. The van der Waals surface area contributed by atoms with Crippen LogP contribution < -0.4 is 0 Å². The van der Waals surface area contributed by atoms with Crippen LogP contribution in [0.25, 0.3) is 0 Å². The molecule has 1 rings (SSSR count). The van der Waals surface area contributed by atoms with Gasteiger partial charge in [0.25, 0.3) is 0 Å². The number of carbonyl (C=O) groups excluding carboxylic acids is 1. The number of amides is 1. The Morgan fingerprint density at radius 1 is 1.06 bits per heavy atom. The van der Waals surface area contributed by atoms with Crippen LogP contribution in [0, 0.1) is 5.92 Å². The van der Waals surface area contributed by atoms with Crippen LogP contribution in [0.15, 0.2) is 0 Å². The smallest absolute Gasteiger partial charge is 0.209 e. The molecule has 0 atom stereocenters. The first-order valence-corrected chi connectivity index (χ1v) is 6.93. The van der Waals surface area contributed by atoms with E-state index in [2.05, 4.69) is 20.8 Å². The molecule has 1 heterocycles. The first-order chi connectivity index (χ1) is 7.74. The Labute approximate surface area is 101 Å². The third-order valence-electron chi connectivity index (χ3n) is 3.17. The highest BCUT2D eigenvalue weighted by Crippen LogP contribution is 2.13. The van der Waals surface area contributed by atoms with Gasteiger partial charge in [-0.15, -0.1) is 0 Å². The zero-order valence-electron chi connectivity index (χ0n) is 11.4. The van der Waals surface area contributed by atoms with E-state index < -0.39 is 0 Å². The minimum atomic E-state index is 0.821. The van der Waals surface area contributed by atoms with Gasteiger partial charge in [-0.25, -0.2) is 0 Å². The molecule has 0 aromatic carbocycles. The van der Waals surface area contributed by atoms with Crippen molar-refractivity contribution in [1.82, 2.24) is 4.90 Å². The lowest BCUT2D eigenvalue weighted by Gasteiger charge is -2.26. The van der Waals surface area contributed by atoms with Crippen molar-refractivity contribution in [3.05, 3.63) is 0 Å². The lowest BCUT2D eigenvalue weighted by atomic mass is 10.00. The van der Waals surface area contributed by atoms with E-state index in [0.717, 1.165) is 25.4 Å². The van der Waals surface area contributed by atoms with E-state index in [-0.39, 0.29) is 0 Å². The minimum absolute atomic E-state index is 0.821.